The lowest BCUT2D eigenvalue weighted by Crippen LogP contribution is -2.54. The van der Waals surface area contributed by atoms with Gasteiger partial charge in [-0.05, 0) is 25.1 Å². The van der Waals surface area contributed by atoms with Gasteiger partial charge in [-0.25, -0.2) is 4.98 Å². The van der Waals surface area contributed by atoms with Gasteiger partial charge in [-0.2, -0.15) is 13.2 Å². The molecule has 3 aromatic rings. The molecule has 1 aliphatic heterocycles. The molecule has 2 aromatic heterocycles. The molecule has 1 N–H and O–H groups in total. The highest BCUT2D eigenvalue weighted by Gasteiger charge is 2.34. The van der Waals surface area contributed by atoms with Crippen molar-refractivity contribution in [1.82, 2.24) is 24.5 Å². The fourth-order valence-electron chi connectivity index (χ4n) is 3.77. The van der Waals surface area contributed by atoms with Crippen molar-refractivity contribution in [2.24, 2.45) is 0 Å². The Labute approximate surface area is 191 Å². The van der Waals surface area contributed by atoms with Crippen molar-refractivity contribution in [3.63, 3.8) is 0 Å². The lowest BCUT2D eigenvalue weighted by Gasteiger charge is -2.40. The normalized spacial score (nSPS) is 16.8. The van der Waals surface area contributed by atoms with Gasteiger partial charge in [-0.1, -0.05) is 0 Å². The molecule has 1 fully saturated rings. The van der Waals surface area contributed by atoms with E-state index in [0.29, 0.717) is 18.0 Å². The van der Waals surface area contributed by atoms with Crippen LogP contribution >= 0.6 is 11.6 Å². The highest BCUT2D eigenvalue weighted by Crippen LogP contribution is 2.33. The summed E-state index contributed by atoms with van der Waals surface area (Å²) in [5, 5.41) is 10.2. The van der Waals surface area contributed by atoms with Crippen LogP contribution in [-0.2, 0) is 11.0 Å². The number of aromatic nitrogens is 4. The van der Waals surface area contributed by atoms with Crippen LogP contribution in [0.4, 0.5) is 24.7 Å². The zero-order valence-corrected chi connectivity index (χ0v) is 18.1. The predicted molar refractivity (Wildman–Crippen MR) is 114 cm³/mol. The quantitative estimate of drug-likeness (QED) is 0.576. The number of halogens is 4. The van der Waals surface area contributed by atoms with Crippen LogP contribution in [0.3, 0.4) is 0 Å². The summed E-state index contributed by atoms with van der Waals surface area (Å²) < 4.78 is 41.9. The number of hydrogen-bond acceptors (Lipinski definition) is 6. The smallest absolute Gasteiger partial charge is 0.347 e. The Bertz CT molecular complexity index is 1200. The maximum absolute atomic E-state index is 13.4. The summed E-state index contributed by atoms with van der Waals surface area (Å²) in [6.45, 7) is 2.81. The standard InChI is InChI=1S/C20H19ClF3N7O2/c1-12-10-29(4-5-31(12)17-18-28-26-11-30(18)3-2-25-17)19(33)13-6-14(20(22,23)24)8-15(7-13)27-16(32)9-21/h2-3,6-8,11-12H,4-5,9-10H2,1H3,(H,27,32). The number of alkyl halides is 4. The van der Waals surface area contributed by atoms with E-state index in [0.717, 1.165) is 12.1 Å². The molecule has 0 radical (unpaired) electrons. The first-order valence-corrected chi connectivity index (χ1v) is 10.5. The van der Waals surface area contributed by atoms with Crippen LogP contribution in [0.5, 0.6) is 0 Å². The molecule has 33 heavy (non-hydrogen) atoms. The molecule has 9 nitrogen and oxygen atoms in total. The lowest BCUT2D eigenvalue weighted by atomic mass is 10.1. The molecule has 4 rings (SSSR count). The second-order valence-electron chi connectivity index (χ2n) is 7.58. The number of rotatable bonds is 4. The molecular formula is C20H19ClF3N7O2. The Morgan fingerprint density at radius 3 is 2.73 bits per heavy atom. The maximum atomic E-state index is 13.4. The number of hydrogen-bond donors (Lipinski definition) is 1. The zero-order valence-electron chi connectivity index (χ0n) is 17.4. The van der Waals surface area contributed by atoms with Crippen molar-refractivity contribution >= 4 is 40.6 Å². The van der Waals surface area contributed by atoms with Crippen LogP contribution < -0.4 is 10.2 Å². The van der Waals surface area contributed by atoms with E-state index < -0.39 is 29.4 Å². The minimum atomic E-state index is -4.69. The SMILES string of the molecule is CC1CN(C(=O)c2cc(NC(=O)CCl)cc(C(F)(F)F)c2)CCN1c1nccn2cnnc12. The van der Waals surface area contributed by atoms with Crippen molar-refractivity contribution in [2.45, 2.75) is 19.1 Å². The third kappa shape index (κ3) is 4.70. The number of nitrogens with one attached hydrogen (secondary N) is 1. The Morgan fingerprint density at radius 1 is 1.24 bits per heavy atom. The largest absolute Gasteiger partial charge is 0.416 e. The van der Waals surface area contributed by atoms with E-state index in [1.165, 1.54) is 11.0 Å². The summed E-state index contributed by atoms with van der Waals surface area (Å²) >= 11 is 5.44. The van der Waals surface area contributed by atoms with E-state index in [-0.39, 0.29) is 30.4 Å². The molecule has 0 spiro atoms. The van der Waals surface area contributed by atoms with Gasteiger partial charge in [0.1, 0.15) is 12.2 Å². The topological polar surface area (TPSA) is 95.7 Å². The Hall–Kier alpha value is -3.41. The van der Waals surface area contributed by atoms with Gasteiger partial charge >= 0.3 is 6.18 Å². The van der Waals surface area contributed by atoms with Gasteiger partial charge in [0.05, 0.1) is 5.56 Å². The van der Waals surface area contributed by atoms with Crippen LogP contribution in [0.1, 0.15) is 22.8 Å². The van der Waals surface area contributed by atoms with E-state index in [2.05, 4.69) is 20.5 Å². The number of amides is 2. The van der Waals surface area contributed by atoms with Crippen molar-refractivity contribution in [3.8, 4) is 0 Å². The summed E-state index contributed by atoms with van der Waals surface area (Å²) in [5.41, 5.74) is -0.782. The molecular weight excluding hydrogens is 463 g/mol. The van der Waals surface area contributed by atoms with Crippen LogP contribution in [0.25, 0.3) is 5.65 Å². The number of piperazine rings is 1. The summed E-state index contributed by atoms with van der Waals surface area (Å²) in [7, 11) is 0. The number of fused-ring (bicyclic) bond motifs is 1. The summed E-state index contributed by atoms with van der Waals surface area (Å²) in [6.07, 6.45) is 0.206. The number of carbonyl (C=O) groups is 2. The van der Waals surface area contributed by atoms with Crippen LogP contribution in [0.2, 0.25) is 0 Å². The molecule has 1 unspecified atom stereocenters. The highest BCUT2D eigenvalue weighted by atomic mass is 35.5. The average Bonchev–Trinajstić information content (AvgIpc) is 3.27. The molecule has 0 bridgehead atoms. The molecule has 0 saturated carbocycles. The molecule has 1 aromatic carbocycles. The summed E-state index contributed by atoms with van der Waals surface area (Å²) in [5.74, 6) is -1.06. The predicted octanol–water partition coefficient (Wildman–Crippen LogP) is 2.67. The number of carbonyl (C=O) groups excluding carboxylic acids is 2. The van der Waals surface area contributed by atoms with Crippen molar-refractivity contribution in [1.29, 1.82) is 0 Å². The van der Waals surface area contributed by atoms with Crippen molar-refractivity contribution in [3.05, 3.63) is 48.0 Å². The van der Waals surface area contributed by atoms with Gasteiger partial charge in [-0.15, -0.1) is 21.8 Å². The fourth-order valence-corrected chi connectivity index (χ4v) is 3.84. The zero-order chi connectivity index (χ0) is 23.8. The molecule has 0 aliphatic carbocycles. The first-order chi connectivity index (χ1) is 15.7. The molecule has 1 atom stereocenters. The molecule has 1 aliphatic rings. The van der Waals surface area contributed by atoms with Gasteiger partial charge in [0.25, 0.3) is 5.91 Å². The monoisotopic (exact) mass is 481 g/mol. The molecule has 1 saturated heterocycles. The Balaban J connectivity index is 1.57. The summed E-state index contributed by atoms with van der Waals surface area (Å²) in [4.78, 5) is 32.5. The Morgan fingerprint density at radius 2 is 2.03 bits per heavy atom. The third-order valence-electron chi connectivity index (χ3n) is 5.30. The number of benzene rings is 1. The minimum absolute atomic E-state index is 0.145. The fraction of sp³-hybridized carbons (Fsp3) is 0.350. The van der Waals surface area contributed by atoms with Gasteiger partial charge in [0, 0.05) is 49.3 Å². The van der Waals surface area contributed by atoms with Crippen LogP contribution in [-0.4, -0.2) is 67.9 Å². The van der Waals surface area contributed by atoms with E-state index in [4.69, 9.17) is 11.6 Å². The van der Waals surface area contributed by atoms with E-state index >= 15 is 0 Å². The van der Waals surface area contributed by atoms with Gasteiger partial charge < -0.3 is 15.1 Å². The maximum Gasteiger partial charge on any atom is 0.416 e. The lowest BCUT2D eigenvalue weighted by molar-refractivity contribution is -0.137. The van der Waals surface area contributed by atoms with Gasteiger partial charge in [0.15, 0.2) is 5.82 Å². The first-order valence-electron chi connectivity index (χ1n) is 9.95. The minimum Gasteiger partial charge on any atom is -0.347 e. The summed E-state index contributed by atoms with van der Waals surface area (Å²) in [6, 6.07) is 2.60. The average molecular weight is 482 g/mol. The molecule has 174 valence electrons. The van der Waals surface area contributed by atoms with Gasteiger partial charge in [-0.3, -0.25) is 14.0 Å². The first kappa shape index (κ1) is 22.8. The second kappa shape index (κ2) is 8.85. The number of anilines is 2. The number of nitrogens with zero attached hydrogens (tertiary/aromatic N) is 6. The van der Waals surface area contributed by atoms with E-state index in [9.17, 15) is 22.8 Å². The van der Waals surface area contributed by atoms with Crippen LogP contribution in [0.15, 0.2) is 36.9 Å². The molecule has 3 heterocycles. The third-order valence-corrected chi connectivity index (χ3v) is 5.54. The van der Waals surface area contributed by atoms with Crippen molar-refractivity contribution in [2.75, 3.05) is 35.7 Å². The van der Waals surface area contributed by atoms with E-state index in [1.807, 2.05) is 11.8 Å². The molecule has 13 heteroatoms. The molecule has 2 amide bonds. The van der Waals surface area contributed by atoms with Crippen molar-refractivity contribution < 1.29 is 22.8 Å². The second-order valence-corrected chi connectivity index (χ2v) is 7.85. The van der Waals surface area contributed by atoms with Gasteiger partial charge in [0.2, 0.25) is 11.6 Å². The highest BCUT2D eigenvalue weighted by molar-refractivity contribution is 6.29. The van der Waals surface area contributed by atoms with E-state index in [1.54, 1.807) is 23.1 Å². The van der Waals surface area contributed by atoms with Crippen LogP contribution in [0, 0.1) is 0 Å². The Kier molecular flexibility index (Phi) is 6.11.